The zero-order valence-corrected chi connectivity index (χ0v) is 11.3. The molecular weight excluding hydrogens is 263 g/mol. The van der Waals surface area contributed by atoms with Crippen LogP contribution < -0.4 is 0 Å². The van der Waals surface area contributed by atoms with Gasteiger partial charge in [-0.15, -0.1) is 0 Å². The average Bonchev–Trinajstić information content (AvgIpc) is 2.42. The van der Waals surface area contributed by atoms with Crippen molar-refractivity contribution in [1.29, 1.82) is 0 Å². The first-order valence-electron chi connectivity index (χ1n) is 6.17. The second-order valence-corrected chi connectivity index (χ2v) is 4.82. The maximum atomic E-state index is 12.9. The predicted octanol–water partition coefficient (Wildman–Crippen LogP) is 4.86. The van der Waals surface area contributed by atoms with Crippen LogP contribution in [-0.4, -0.2) is 5.78 Å². The largest absolute Gasteiger partial charge is 0.293 e. The van der Waals surface area contributed by atoms with Gasteiger partial charge in [-0.2, -0.15) is 0 Å². The van der Waals surface area contributed by atoms with Crippen LogP contribution in [0.25, 0.3) is 0 Å². The average molecular weight is 277 g/mol. The van der Waals surface area contributed by atoms with Crippen molar-refractivity contribution < 1.29 is 9.18 Å². The lowest BCUT2D eigenvalue weighted by molar-refractivity contribution is 0.0957. The highest BCUT2D eigenvalue weighted by atomic mass is 35.5. The fraction of sp³-hybridized carbons (Fsp3) is 0.188. The van der Waals surface area contributed by atoms with Crippen LogP contribution in [0.1, 0.15) is 35.2 Å². The topological polar surface area (TPSA) is 17.1 Å². The maximum absolute atomic E-state index is 12.9. The molecular formula is C16H14ClFO. The number of rotatable bonds is 4. The third kappa shape index (κ3) is 3.21. The molecule has 0 aliphatic heterocycles. The number of halogens is 2. The van der Waals surface area contributed by atoms with E-state index in [0.717, 1.165) is 5.56 Å². The molecule has 19 heavy (non-hydrogen) atoms. The summed E-state index contributed by atoms with van der Waals surface area (Å²) in [6.45, 7) is 1.96. The zero-order valence-electron chi connectivity index (χ0n) is 10.6. The van der Waals surface area contributed by atoms with Gasteiger partial charge in [-0.1, -0.05) is 30.7 Å². The van der Waals surface area contributed by atoms with Gasteiger partial charge < -0.3 is 0 Å². The number of benzene rings is 2. The summed E-state index contributed by atoms with van der Waals surface area (Å²) in [6, 6.07) is 12.9. The molecule has 0 bridgehead atoms. The Kier molecular flexibility index (Phi) is 4.33. The molecule has 0 aromatic heterocycles. The van der Waals surface area contributed by atoms with Crippen molar-refractivity contribution in [3.63, 3.8) is 0 Å². The number of carbonyl (C=O) groups excluding carboxylic acids is 1. The van der Waals surface area contributed by atoms with E-state index in [1.54, 1.807) is 12.1 Å². The fourth-order valence-corrected chi connectivity index (χ4v) is 2.21. The lowest BCUT2D eigenvalue weighted by atomic mass is 9.89. The van der Waals surface area contributed by atoms with Crippen molar-refractivity contribution in [1.82, 2.24) is 0 Å². The fourth-order valence-electron chi connectivity index (χ4n) is 2.08. The van der Waals surface area contributed by atoms with Gasteiger partial charge in [0.15, 0.2) is 5.78 Å². The molecule has 0 saturated carbocycles. The van der Waals surface area contributed by atoms with E-state index in [1.165, 1.54) is 24.3 Å². The highest BCUT2D eigenvalue weighted by Gasteiger charge is 2.20. The van der Waals surface area contributed by atoms with Crippen molar-refractivity contribution >= 4 is 17.4 Å². The minimum absolute atomic E-state index is 0.00447. The van der Waals surface area contributed by atoms with Crippen LogP contribution in [0, 0.1) is 5.82 Å². The van der Waals surface area contributed by atoms with Gasteiger partial charge in [0.25, 0.3) is 0 Å². The normalized spacial score (nSPS) is 12.2. The maximum Gasteiger partial charge on any atom is 0.170 e. The van der Waals surface area contributed by atoms with Crippen LogP contribution in [0.15, 0.2) is 48.5 Å². The highest BCUT2D eigenvalue weighted by Crippen LogP contribution is 2.25. The van der Waals surface area contributed by atoms with Crippen molar-refractivity contribution in [2.75, 3.05) is 0 Å². The van der Waals surface area contributed by atoms with Crippen molar-refractivity contribution in [2.24, 2.45) is 0 Å². The van der Waals surface area contributed by atoms with Crippen LogP contribution in [0.5, 0.6) is 0 Å². The lowest BCUT2D eigenvalue weighted by Crippen LogP contribution is -2.12. The Morgan fingerprint density at radius 3 is 2.21 bits per heavy atom. The van der Waals surface area contributed by atoms with Gasteiger partial charge in [0, 0.05) is 16.5 Å². The molecule has 3 heteroatoms. The molecule has 0 spiro atoms. The third-order valence-electron chi connectivity index (χ3n) is 3.13. The van der Waals surface area contributed by atoms with E-state index in [1.807, 2.05) is 19.1 Å². The number of Topliss-reactive ketones (excluding diaryl/α,β-unsaturated/α-hetero) is 1. The van der Waals surface area contributed by atoms with Crippen molar-refractivity contribution in [3.05, 3.63) is 70.5 Å². The van der Waals surface area contributed by atoms with Gasteiger partial charge in [-0.05, 0) is 48.4 Å². The summed E-state index contributed by atoms with van der Waals surface area (Å²) in [4.78, 5) is 12.4. The van der Waals surface area contributed by atoms with Gasteiger partial charge in [0.1, 0.15) is 5.82 Å². The molecule has 1 unspecified atom stereocenters. The van der Waals surface area contributed by atoms with Crippen LogP contribution in [0.4, 0.5) is 4.39 Å². The quantitative estimate of drug-likeness (QED) is 0.729. The Labute approximate surface area is 117 Å². The Morgan fingerprint density at radius 2 is 1.68 bits per heavy atom. The molecule has 0 aliphatic rings. The van der Waals surface area contributed by atoms with Gasteiger partial charge >= 0.3 is 0 Å². The molecule has 0 N–H and O–H groups in total. The Balaban J connectivity index is 2.29. The highest BCUT2D eigenvalue weighted by molar-refractivity contribution is 6.30. The number of carbonyl (C=O) groups is 1. The van der Waals surface area contributed by atoms with E-state index in [9.17, 15) is 9.18 Å². The summed E-state index contributed by atoms with van der Waals surface area (Å²) in [5, 5.41) is 0.646. The molecule has 2 aromatic carbocycles. The molecule has 0 heterocycles. The zero-order chi connectivity index (χ0) is 13.8. The predicted molar refractivity (Wildman–Crippen MR) is 75.2 cm³/mol. The molecule has 1 nitrogen and oxygen atoms in total. The Bertz CT molecular complexity index is 560. The van der Waals surface area contributed by atoms with Gasteiger partial charge in [-0.25, -0.2) is 4.39 Å². The smallest absolute Gasteiger partial charge is 0.170 e. The summed E-state index contributed by atoms with van der Waals surface area (Å²) in [5.74, 6) is -0.552. The van der Waals surface area contributed by atoms with E-state index in [0.29, 0.717) is 17.0 Å². The summed E-state index contributed by atoms with van der Waals surface area (Å²) in [7, 11) is 0. The van der Waals surface area contributed by atoms with Crippen LogP contribution >= 0.6 is 11.6 Å². The molecule has 1 atom stereocenters. The summed E-state index contributed by atoms with van der Waals surface area (Å²) in [5.41, 5.74) is 1.46. The Hall–Kier alpha value is -1.67. The second-order valence-electron chi connectivity index (χ2n) is 4.38. The molecule has 2 aromatic rings. The third-order valence-corrected chi connectivity index (χ3v) is 3.38. The molecule has 98 valence electrons. The molecule has 0 saturated heterocycles. The molecule has 0 amide bonds. The molecule has 0 radical (unpaired) electrons. The minimum Gasteiger partial charge on any atom is -0.293 e. The molecule has 0 aliphatic carbocycles. The van der Waals surface area contributed by atoms with Gasteiger partial charge in [0.2, 0.25) is 0 Å². The van der Waals surface area contributed by atoms with Crippen LogP contribution in [-0.2, 0) is 0 Å². The van der Waals surface area contributed by atoms with Gasteiger partial charge in [-0.3, -0.25) is 4.79 Å². The summed E-state index contributed by atoms with van der Waals surface area (Å²) >= 11 is 5.85. The summed E-state index contributed by atoms with van der Waals surface area (Å²) in [6.07, 6.45) is 0.692. The lowest BCUT2D eigenvalue weighted by Gasteiger charge is -2.14. The van der Waals surface area contributed by atoms with Crippen LogP contribution in [0.2, 0.25) is 5.02 Å². The van der Waals surface area contributed by atoms with E-state index in [2.05, 4.69) is 0 Å². The number of hydrogen-bond donors (Lipinski definition) is 0. The number of ketones is 1. The molecule has 2 rings (SSSR count). The van der Waals surface area contributed by atoms with Crippen LogP contribution in [0.3, 0.4) is 0 Å². The Morgan fingerprint density at radius 1 is 1.11 bits per heavy atom. The first-order valence-corrected chi connectivity index (χ1v) is 6.55. The van der Waals surface area contributed by atoms with E-state index >= 15 is 0 Å². The van der Waals surface area contributed by atoms with E-state index in [4.69, 9.17) is 11.6 Å². The number of hydrogen-bond acceptors (Lipinski definition) is 1. The summed E-state index contributed by atoms with van der Waals surface area (Å²) < 4.78 is 12.9. The molecule has 0 fully saturated rings. The van der Waals surface area contributed by atoms with E-state index < -0.39 is 0 Å². The van der Waals surface area contributed by atoms with E-state index in [-0.39, 0.29) is 17.5 Å². The SMILES string of the molecule is CCC(C(=O)c1ccc(F)cc1)c1ccc(Cl)cc1. The second kappa shape index (κ2) is 5.98. The minimum atomic E-state index is -0.337. The first kappa shape index (κ1) is 13.8. The van der Waals surface area contributed by atoms with Crippen molar-refractivity contribution in [2.45, 2.75) is 19.3 Å². The first-order chi connectivity index (χ1) is 9.11. The van der Waals surface area contributed by atoms with Crippen molar-refractivity contribution in [3.8, 4) is 0 Å². The van der Waals surface area contributed by atoms with Gasteiger partial charge in [0.05, 0.1) is 0 Å². The monoisotopic (exact) mass is 276 g/mol. The standard InChI is InChI=1S/C16H14ClFO/c1-2-15(11-3-7-13(17)8-4-11)16(19)12-5-9-14(18)10-6-12/h3-10,15H,2H2,1H3.